The van der Waals surface area contributed by atoms with E-state index in [-0.39, 0.29) is 11.3 Å². The van der Waals surface area contributed by atoms with Gasteiger partial charge in [0, 0.05) is 24.7 Å². The number of carbonyl (C=O) groups is 1. The van der Waals surface area contributed by atoms with Gasteiger partial charge in [0.25, 0.3) is 11.5 Å². The molecule has 1 amide bonds. The number of benzene rings is 2. The molecule has 0 spiro atoms. The number of ether oxygens (including phenoxy) is 1. The fourth-order valence-electron chi connectivity index (χ4n) is 4.01. The second-order valence-electron chi connectivity index (χ2n) is 8.71. The number of amides is 1. The molecule has 0 saturated carbocycles. The molecule has 1 fully saturated rings. The van der Waals surface area contributed by atoms with E-state index in [0.29, 0.717) is 17.9 Å². The Morgan fingerprint density at radius 1 is 1.09 bits per heavy atom. The van der Waals surface area contributed by atoms with Crippen LogP contribution in [-0.4, -0.2) is 41.0 Å². The number of likely N-dealkylation sites (tertiary alicyclic amines) is 1. The summed E-state index contributed by atoms with van der Waals surface area (Å²) >= 11 is 0. The summed E-state index contributed by atoms with van der Waals surface area (Å²) in [5.41, 5.74) is 2.59. The highest BCUT2D eigenvalue weighted by molar-refractivity contribution is 6.02. The topological polar surface area (TPSA) is 87.3 Å². The van der Waals surface area contributed by atoms with Gasteiger partial charge in [-0.2, -0.15) is 0 Å². The molecule has 1 aliphatic heterocycles. The number of piperidine rings is 1. The lowest BCUT2D eigenvalue weighted by molar-refractivity contribution is 0.102. The van der Waals surface area contributed by atoms with E-state index in [1.165, 1.54) is 24.5 Å². The molecule has 0 radical (unpaired) electrons. The first-order chi connectivity index (χ1) is 16.0. The molecule has 1 aliphatic rings. The molecule has 33 heavy (non-hydrogen) atoms. The lowest BCUT2D eigenvalue weighted by Crippen LogP contribution is -2.32. The Balaban J connectivity index is 1.39. The fraction of sp³-hybridized carbons (Fsp3) is 0.346. The van der Waals surface area contributed by atoms with Gasteiger partial charge in [0.15, 0.2) is 0 Å². The number of nitrogens with one attached hydrogen (secondary N) is 2. The van der Waals surface area contributed by atoms with Crippen molar-refractivity contribution in [3.05, 3.63) is 87.6 Å². The van der Waals surface area contributed by atoms with Crippen molar-refractivity contribution in [2.24, 2.45) is 5.92 Å². The van der Waals surface area contributed by atoms with E-state index in [0.717, 1.165) is 36.9 Å². The van der Waals surface area contributed by atoms with Crippen molar-refractivity contribution in [2.45, 2.75) is 32.7 Å². The summed E-state index contributed by atoms with van der Waals surface area (Å²) < 4.78 is 5.17. The highest BCUT2D eigenvalue weighted by Gasteiger charge is 2.16. The van der Waals surface area contributed by atoms with Crippen molar-refractivity contribution < 1.29 is 9.53 Å². The molecule has 2 aromatic carbocycles. The van der Waals surface area contributed by atoms with Crippen LogP contribution < -0.4 is 15.6 Å². The summed E-state index contributed by atoms with van der Waals surface area (Å²) in [5.74, 6) is 1.60. The predicted octanol–water partition coefficient (Wildman–Crippen LogP) is 3.85. The van der Waals surface area contributed by atoms with Crippen LogP contribution in [0.15, 0.2) is 59.4 Å². The monoisotopic (exact) mass is 446 g/mol. The second kappa shape index (κ2) is 10.4. The van der Waals surface area contributed by atoms with Crippen LogP contribution in [0.4, 0.5) is 5.69 Å². The Hall–Kier alpha value is -3.45. The predicted molar refractivity (Wildman–Crippen MR) is 129 cm³/mol. The number of hydrogen-bond acceptors (Lipinski definition) is 5. The number of rotatable bonds is 7. The molecule has 0 aliphatic carbocycles. The minimum absolute atomic E-state index is 0.0915. The van der Waals surface area contributed by atoms with Crippen LogP contribution in [-0.2, 0) is 13.0 Å². The first kappa shape index (κ1) is 22.7. The smallest absolute Gasteiger partial charge is 0.274 e. The van der Waals surface area contributed by atoms with Gasteiger partial charge < -0.3 is 15.0 Å². The molecule has 3 aromatic rings. The quantitative estimate of drug-likeness (QED) is 0.576. The van der Waals surface area contributed by atoms with Crippen LogP contribution in [0.1, 0.15) is 47.2 Å². The standard InChI is InChI=1S/C26H30N4O3/c1-18-11-13-30(14-12-18)17-20-3-7-21(8-4-20)27-26(32)23-16-25(31)29-24(28-23)15-19-5-9-22(33-2)10-6-19/h3-10,16,18H,11-15,17H2,1-2H3,(H,27,32)(H,28,29,31). The van der Waals surface area contributed by atoms with Gasteiger partial charge in [-0.1, -0.05) is 31.2 Å². The van der Waals surface area contributed by atoms with Gasteiger partial charge in [0.1, 0.15) is 17.3 Å². The lowest BCUT2D eigenvalue weighted by atomic mass is 9.99. The molecular weight excluding hydrogens is 416 g/mol. The molecule has 0 bridgehead atoms. The van der Waals surface area contributed by atoms with Crippen molar-refractivity contribution in [1.82, 2.24) is 14.9 Å². The number of aromatic nitrogens is 2. The summed E-state index contributed by atoms with van der Waals surface area (Å²) in [4.78, 5) is 34.4. The van der Waals surface area contributed by atoms with Crippen LogP contribution in [0.5, 0.6) is 5.75 Å². The highest BCUT2D eigenvalue weighted by Crippen LogP contribution is 2.19. The van der Waals surface area contributed by atoms with Gasteiger partial charge in [0.05, 0.1) is 7.11 Å². The highest BCUT2D eigenvalue weighted by atomic mass is 16.5. The number of methoxy groups -OCH3 is 1. The minimum Gasteiger partial charge on any atom is -0.497 e. The number of hydrogen-bond donors (Lipinski definition) is 2. The molecule has 2 N–H and O–H groups in total. The van der Waals surface area contributed by atoms with Crippen molar-refractivity contribution in [3.8, 4) is 5.75 Å². The molecule has 2 heterocycles. The summed E-state index contributed by atoms with van der Waals surface area (Å²) in [6.07, 6.45) is 2.90. The van der Waals surface area contributed by atoms with Gasteiger partial charge in [-0.05, 0) is 67.2 Å². The van der Waals surface area contributed by atoms with Crippen LogP contribution >= 0.6 is 0 Å². The Morgan fingerprint density at radius 3 is 2.42 bits per heavy atom. The van der Waals surface area contributed by atoms with Crippen molar-refractivity contribution >= 4 is 11.6 Å². The first-order valence-corrected chi connectivity index (χ1v) is 11.3. The number of anilines is 1. The SMILES string of the molecule is COc1ccc(Cc2nc(C(=O)Nc3ccc(CN4CCC(C)CC4)cc3)cc(=O)[nH]2)cc1. The van der Waals surface area contributed by atoms with Crippen molar-refractivity contribution in [2.75, 3.05) is 25.5 Å². The Morgan fingerprint density at radius 2 is 1.76 bits per heavy atom. The van der Waals surface area contributed by atoms with Gasteiger partial charge in [0.2, 0.25) is 0 Å². The largest absolute Gasteiger partial charge is 0.497 e. The van der Waals surface area contributed by atoms with E-state index in [1.54, 1.807) is 7.11 Å². The van der Waals surface area contributed by atoms with E-state index in [2.05, 4.69) is 27.1 Å². The first-order valence-electron chi connectivity index (χ1n) is 11.3. The van der Waals surface area contributed by atoms with Gasteiger partial charge >= 0.3 is 0 Å². The van der Waals surface area contributed by atoms with E-state index in [9.17, 15) is 9.59 Å². The van der Waals surface area contributed by atoms with Gasteiger partial charge in [-0.15, -0.1) is 0 Å². The molecule has 7 nitrogen and oxygen atoms in total. The van der Waals surface area contributed by atoms with Crippen LogP contribution in [0, 0.1) is 5.92 Å². The maximum absolute atomic E-state index is 12.7. The third kappa shape index (κ3) is 6.29. The third-order valence-electron chi connectivity index (χ3n) is 6.05. The number of nitrogens with zero attached hydrogens (tertiary/aromatic N) is 2. The van der Waals surface area contributed by atoms with Crippen LogP contribution in [0.2, 0.25) is 0 Å². The van der Waals surface area contributed by atoms with E-state index in [1.807, 2.05) is 48.5 Å². The zero-order valence-electron chi connectivity index (χ0n) is 19.1. The average molecular weight is 447 g/mol. The molecule has 0 unspecified atom stereocenters. The Kier molecular flexibility index (Phi) is 7.19. The average Bonchev–Trinajstić information content (AvgIpc) is 2.82. The molecule has 7 heteroatoms. The van der Waals surface area contributed by atoms with E-state index in [4.69, 9.17) is 4.74 Å². The zero-order chi connectivity index (χ0) is 23.2. The van der Waals surface area contributed by atoms with Crippen molar-refractivity contribution in [3.63, 3.8) is 0 Å². The lowest BCUT2D eigenvalue weighted by Gasteiger charge is -2.30. The molecule has 4 rings (SSSR count). The number of aromatic amines is 1. The number of H-pyrrole nitrogens is 1. The summed E-state index contributed by atoms with van der Waals surface area (Å²) in [7, 11) is 1.61. The van der Waals surface area contributed by atoms with E-state index >= 15 is 0 Å². The third-order valence-corrected chi connectivity index (χ3v) is 6.05. The minimum atomic E-state index is -0.408. The molecule has 172 valence electrons. The second-order valence-corrected chi connectivity index (χ2v) is 8.71. The summed E-state index contributed by atoms with van der Waals surface area (Å²) in [6, 6.07) is 16.6. The zero-order valence-corrected chi connectivity index (χ0v) is 19.1. The molecule has 0 atom stereocenters. The Labute approximate surface area is 193 Å². The number of carbonyl (C=O) groups excluding carboxylic acids is 1. The van der Waals surface area contributed by atoms with Gasteiger partial charge in [-0.25, -0.2) is 4.98 Å². The molecule has 1 saturated heterocycles. The Bertz CT molecular complexity index is 1130. The van der Waals surface area contributed by atoms with Gasteiger partial charge in [-0.3, -0.25) is 14.5 Å². The normalized spacial score (nSPS) is 14.7. The van der Waals surface area contributed by atoms with Crippen LogP contribution in [0.25, 0.3) is 0 Å². The maximum Gasteiger partial charge on any atom is 0.274 e. The summed E-state index contributed by atoms with van der Waals surface area (Å²) in [5, 5.41) is 2.84. The summed E-state index contributed by atoms with van der Waals surface area (Å²) in [6.45, 7) is 5.50. The van der Waals surface area contributed by atoms with Crippen molar-refractivity contribution in [1.29, 1.82) is 0 Å². The fourth-order valence-corrected chi connectivity index (χ4v) is 4.01. The van der Waals surface area contributed by atoms with Crippen LogP contribution in [0.3, 0.4) is 0 Å². The molecule has 1 aromatic heterocycles. The molecular formula is C26H30N4O3. The maximum atomic E-state index is 12.7. The van der Waals surface area contributed by atoms with E-state index < -0.39 is 5.91 Å².